The molecule has 0 heterocycles. The number of hydrogen-bond acceptors (Lipinski definition) is 4. The van der Waals surface area contributed by atoms with Gasteiger partial charge in [-0.2, -0.15) is 0 Å². The number of carbonyl (C=O) groups is 1. The SMILES string of the molecule is C=C(CO)CC(C)(C)NC(=S)NC(=O)OCC1c2ccccc2-c2ccccc21. The summed E-state index contributed by atoms with van der Waals surface area (Å²) in [6.45, 7) is 7.77. The summed E-state index contributed by atoms with van der Waals surface area (Å²) in [5.74, 6) is -0.000926. The molecule has 0 aromatic heterocycles. The average molecular weight is 411 g/mol. The van der Waals surface area contributed by atoms with Crippen LogP contribution in [0.4, 0.5) is 4.79 Å². The molecule has 3 rings (SSSR count). The summed E-state index contributed by atoms with van der Waals surface area (Å²) >= 11 is 5.23. The highest BCUT2D eigenvalue weighted by Crippen LogP contribution is 2.44. The normalized spacial score (nSPS) is 12.7. The zero-order valence-electron chi connectivity index (χ0n) is 16.7. The first kappa shape index (κ1) is 21.0. The molecule has 0 saturated heterocycles. The van der Waals surface area contributed by atoms with E-state index < -0.39 is 11.6 Å². The first-order chi connectivity index (χ1) is 13.8. The van der Waals surface area contributed by atoms with Crippen LogP contribution in [0.15, 0.2) is 60.7 Å². The predicted octanol–water partition coefficient (Wildman–Crippen LogP) is 4.12. The van der Waals surface area contributed by atoms with Crippen LogP contribution in [0.1, 0.15) is 37.3 Å². The number of alkyl carbamates (subject to hydrolysis) is 1. The third-order valence-corrected chi connectivity index (χ3v) is 5.13. The minimum Gasteiger partial charge on any atom is -0.448 e. The lowest BCUT2D eigenvalue weighted by molar-refractivity contribution is 0.148. The maximum atomic E-state index is 12.3. The van der Waals surface area contributed by atoms with Gasteiger partial charge in [0.1, 0.15) is 6.61 Å². The van der Waals surface area contributed by atoms with Gasteiger partial charge < -0.3 is 15.2 Å². The molecule has 152 valence electrons. The standard InChI is InChI=1S/C23H26N2O3S/c1-15(13-26)12-23(2,3)25-21(29)24-22(27)28-14-20-18-10-6-4-8-16(18)17-9-5-7-11-19(17)20/h4-11,20,26H,1,12-14H2,2-3H3,(H2,24,25,27,29). The van der Waals surface area contributed by atoms with Crippen molar-refractivity contribution in [3.8, 4) is 11.1 Å². The van der Waals surface area contributed by atoms with E-state index in [0.717, 1.165) is 11.1 Å². The van der Waals surface area contributed by atoms with E-state index in [1.807, 2.05) is 38.1 Å². The van der Waals surface area contributed by atoms with E-state index in [4.69, 9.17) is 22.1 Å². The second-order valence-corrected chi connectivity index (χ2v) is 8.28. The number of benzene rings is 2. The molecule has 1 amide bonds. The fourth-order valence-corrected chi connectivity index (χ4v) is 4.15. The highest BCUT2D eigenvalue weighted by atomic mass is 32.1. The summed E-state index contributed by atoms with van der Waals surface area (Å²) in [5, 5.41) is 14.9. The monoisotopic (exact) mass is 410 g/mol. The minimum absolute atomic E-state index is 0.000926. The highest BCUT2D eigenvalue weighted by Gasteiger charge is 2.29. The summed E-state index contributed by atoms with van der Waals surface area (Å²) in [4.78, 5) is 12.3. The number of ether oxygens (including phenoxy) is 1. The number of aliphatic hydroxyl groups is 1. The molecule has 0 unspecified atom stereocenters. The molecule has 1 aliphatic rings. The summed E-state index contributed by atoms with van der Waals surface area (Å²) in [7, 11) is 0. The predicted molar refractivity (Wildman–Crippen MR) is 119 cm³/mol. The van der Waals surface area contributed by atoms with Crippen LogP contribution in [-0.4, -0.2) is 35.1 Å². The van der Waals surface area contributed by atoms with Crippen molar-refractivity contribution in [1.29, 1.82) is 0 Å². The Hall–Kier alpha value is -2.70. The van der Waals surface area contributed by atoms with Crippen LogP contribution in [0, 0.1) is 0 Å². The Kier molecular flexibility index (Phi) is 6.35. The van der Waals surface area contributed by atoms with Crippen LogP contribution in [0.25, 0.3) is 11.1 Å². The van der Waals surface area contributed by atoms with Crippen LogP contribution in [-0.2, 0) is 4.74 Å². The summed E-state index contributed by atoms with van der Waals surface area (Å²) in [6, 6.07) is 16.4. The van der Waals surface area contributed by atoms with Gasteiger partial charge in [-0.1, -0.05) is 55.1 Å². The van der Waals surface area contributed by atoms with Gasteiger partial charge in [0.05, 0.1) is 6.61 Å². The summed E-state index contributed by atoms with van der Waals surface area (Å²) in [6.07, 6.45) is -0.0723. The van der Waals surface area contributed by atoms with Gasteiger partial charge in [-0.05, 0) is 60.3 Å². The number of hydrogen-bond donors (Lipinski definition) is 3. The number of carbonyl (C=O) groups excluding carboxylic acids is 1. The van der Waals surface area contributed by atoms with Gasteiger partial charge in [0.2, 0.25) is 0 Å². The van der Waals surface area contributed by atoms with Crippen LogP contribution < -0.4 is 10.6 Å². The summed E-state index contributed by atoms with van der Waals surface area (Å²) in [5.41, 5.74) is 4.91. The zero-order valence-corrected chi connectivity index (χ0v) is 17.5. The third-order valence-electron chi connectivity index (χ3n) is 4.93. The molecule has 0 fully saturated rings. The van der Waals surface area contributed by atoms with E-state index in [2.05, 4.69) is 41.5 Å². The first-order valence-electron chi connectivity index (χ1n) is 9.52. The molecule has 0 radical (unpaired) electrons. The van der Waals surface area contributed by atoms with Crippen molar-refractivity contribution in [2.75, 3.05) is 13.2 Å². The Bertz CT molecular complexity index is 894. The molecule has 29 heavy (non-hydrogen) atoms. The topological polar surface area (TPSA) is 70.6 Å². The number of nitrogens with one attached hydrogen (secondary N) is 2. The molecular formula is C23H26N2O3S. The second kappa shape index (κ2) is 8.76. The maximum absolute atomic E-state index is 12.3. The molecule has 0 spiro atoms. The van der Waals surface area contributed by atoms with Gasteiger partial charge in [-0.25, -0.2) is 4.79 Å². The van der Waals surface area contributed by atoms with E-state index >= 15 is 0 Å². The number of aliphatic hydroxyl groups excluding tert-OH is 1. The van der Waals surface area contributed by atoms with E-state index in [1.165, 1.54) is 11.1 Å². The van der Waals surface area contributed by atoms with Gasteiger partial charge >= 0.3 is 6.09 Å². The van der Waals surface area contributed by atoms with Crippen LogP contribution in [0.5, 0.6) is 0 Å². The van der Waals surface area contributed by atoms with Crippen molar-refractivity contribution in [1.82, 2.24) is 10.6 Å². The third kappa shape index (κ3) is 5.02. The van der Waals surface area contributed by atoms with Crippen LogP contribution in [0.2, 0.25) is 0 Å². The molecule has 2 aromatic rings. The molecule has 5 nitrogen and oxygen atoms in total. The molecular weight excluding hydrogens is 384 g/mol. The van der Waals surface area contributed by atoms with Gasteiger partial charge in [0, 0.05) is 11.5 Å². The Morgan fingerprint density at radius 1 is 1.14 bits per heavy atom. The molecule has 2 aromatic carbocycles. The van der Waals surface area contributed by atoms with Crippen molar-refractivity contribution < 1.29 is 14.6 Å². The fourth-order valence-electron chi connectivity index (χ4n) is 3.79. The largest absolute Gasteiger partial charge is 0.448 e. The molecule has 0 atom stereocenters. The molecule has 0 saturated carbocycles. The zero-order chi connectivity index (χ0) is 21.0. The molecule has 0 aliphatic heterocycles. The van der Waals surface area contributed by atoms with Crippen molar-refractivity contribution in [3.05, 3.63) is 71.8 Å². The maximum Gasteiger partial charge on any atom is 0.413 e. The summed E-state index contributed by atoms with van der Waals surface area (Å²) < 4.78 is 5.49. The minimum atomic E-state index is -0.596. The van der Waals surface area contributed by atoms with Crippen molar-refractivity contribution in [3.63, 3.8) is 0 Å². The van der Waals surface area contributed by atoms with Gasteiger partial charge in [0.15, 0.2) is 5.11 Å². The Morgan fingerprint density at radius 3 is 2.24 bits per heavy atom. The number of amides is 1. The molecule has 6 heteroatoms. The Balaban J connectivity index is 1.59. The lowest BCUT2D eigenvalue weighted by Gasteiger charge is -2.28. The van der Waals surface area contributed by atoms with E-state index in [9.17, 15) is 4.79 Å². The van der Waals surface area contributed by atoms with E-state index in [1.54, 1.807) is 0 Å². The quantitative estimate of drug-likeness (QED) is 0.494. The van der Waals surface area contributed by atoms with Gasteiger partial charge in [-0.3, -0.25) is 5.32 Å². The second-order valence-electron chi connectivity index (χ2n) is 7.87. The number of rotatable bonds is 6. The van der Waals surface area contributed by atoms with Gasteiger partial charge in [0.25, 0.3) is 0 Å². The average Bonchev–Trinajstić information content (AvgIpc) is 2.99. The smallest absolute Gasteiger partial charge is 0.413 e. The van der Waals surface area contributed by atoms with Crippen molar-refractivity contribution in [2.45, 2.75) is 31.7 Å². The number of fused-ring (bicyclic) bond motifs is 3. The highest BCUT2D eigenvalue weighted by molar-refractivity contribution is 7.80. The number of thiocarbonyl (C=S) groups is 1. The van der Waals surface area contributed by atoms with Crippen LogP contribution in [0.3, 0.4) is 0 Å². The van der Waals surface area contributed by atoms with Crippen molar-refractivity contribution >= 4 is 23.4 Å². The first-order valence-corrected chi connectivity index (χ1v) is 9.93. The Morgan fingerprint density at radius 2 is 1.69 bits per heavy atom. The Labute approximate surface area is 176 Å². The van der Waals surface area contributed by atoms with Gasteiger partial charge in [-0.15, -0.1) is 0 Å². The fraction of sp³-hybridized carbons (Fsp3) is 0.304. The lowest BCUT2D eigenvalue weighted by atomic mass is 9.96. The molecule has 0 bridgehead atoms. The molecule has 1 aliphatic carbocycles. The van der Waals surface area contributed by atoms with Crippen molar-refractivity contribution in [2.24, 2.45) is 0 Å². The molecule has 3 N–H and O–H groups in total. The lowest BCUT2D eigenvalue weighted by Crippen LogP contribution is -2.50. The van der Waals surface area contributed by atoms with E-state index in [0.29, 0.717) is 12.0 Å². The van der Waals surface area contributed by atoms with E-state index in [-0.39, 0.29) is 24.2 Å². The van der Waals surface area contributed by atoms with Crippen LogP contribution >= 0.6 is 12.2 Å².